The molecule has 0 atom stereocenters. The molecule has 0 saturated heterocycles. The second kappa shape index (κ2) is 8.11. The number of aromatic nitrogens is 1. The van der Waals surface area contributed by atoms with E-state index in [1.165, 1.54) is 0 Å². The number of nitrogens with one attached hydrogen (secondary N) is 2. The summed E-state index contributed by atoms with van der Waals surface area (Å²) in [5.41, 5.74) is 5.48. The second-order valence-corrected chi connectivity index (χ2v) is 7.14. The van der Waals surface area contributed by atoms with Crippen molar-refractivity contribution in [2.24, 2.45) is 5.10 Å². The van der Waals surface area contributed by atoms with E-state index >= 15 is 0 Å². The van der Waals surface area contributed by atoms with Crippen LogP contribution in [0.3, 0.4) is 0 Å². The Balaban J connectivity index is 1.85. The Bertz CT molecular complexity index is 726. The van der Waals surface area contributed by atoms with Crippen LogP contribution in [0.2, 0.25) is 0 Å². The summed E-state index contributed by atoms with van der Waals surface area (Å²) in [4.78, 5) is 0. The largest absolute Gasteiger partial charge is 0.489 e. The van der Waals surface area contributed by atoms with Crippen LogP contribution in [0, 0.1) is 13.8 Å². The minimum Gasteiger partial charge on any atom is -0.489 e. The highest BCUT2D eigenvalue weighted by Crippen LogP contribution is 2.17. The first-order chi connectivity index (χ1) is 11.7. The number of hydrogen-bond donors (Lipinski definition) is 2. The first-order valence-corrected chi connectivity index (χ1v) is 8.41. The highest BCUT2D eigenvalue weighted by atomic mass is 32.1. The highest BCUT2D eigenvalue weighted by molar-refractivity contribution is 7.80. The van der Waals surface area contributed by atoms with Crippen molar-refractivity contribution in [3.05, 3.63) is 46.8 Å². The van der Waals surface area contributed by atoms with Gasteiger partial charge in [0.25, 0.3) is 0 Å². The van der Waals surface area contributed by atoms with Crippen LogP contribution in [-0.2, 0) is 6.61 Å². The van der Waals surface area contributed by atoms with Crippen LogP contribution >= 0.6 is 12.2 Å². The molecule has 0 amide bonds. The summed E-state index contributed by atoms with van der Waals surface area (Å²) in [5, 5.41) is 11.7. The summed E-state index contributed by atoms with van der Waals surface area (Å²) in [6, 6.07) is 7.64. The molecule has 0 spiro atoms. The Hall–Kier alpha value is -2.41. The van der Waals surface area contributed by atoms with Crippen molar-refractivity contribution < 1.29 is 9.26 Å². The van der Waals surface area contributed by atoms with Crippen LogP contribution in [0.1, 0.15) is 43.4 Å². The van der Waals surface area contributed by atoms with E-state index in [0.717, 1.165) is 28.3 Å². The van der Waals surface area contributed by atoms with Crippen molar-refractivity contribution in [2.45, 2.75) is 46.8 Å². The summed E-state index contributed by atoms with van der Waals surface area (Å²) >= 11 is 5.16. The van der Waals surface area contributed by atoms with E-state index in [4.69, 9.17) is 21.5 Å². The maximum atomic E-state index is 5.77. The predicted molar refractivity (Wildman–Crippen MR) is 103 cm³/mol. The molecule has 25 heavy (non-hydrogen) atoms. The molecular formula is C18H24N4O2S. The molecule has 134 valence electrons. The Morgan fingerprint density at radius 1 is 1.28 bits per heavy atom. The quantitative estimate of drug-likeness (QED) is 0.483. The molecule has 0 unspecified atom stereocenters. The standard InChI is InChI=1S/C18H24N4O2S/c1-12-16(13(2)24-22-12)11-23-15-8-6-14(7-9-15)10-19-21-17(25)20-18(3,4)5/h6-10H,11H2,1-5H3,(H2,20,21,25)/b19-10-. The molecule has 0 aliphatic heterocycles. The molecule has 1 aromatic heterocycles. The second-order valence-electron chi connectivity index (χ2n) is 6.73. The maximum absolute atomic E-state index is 5.77. The van der Waals surface area contributed by atoms with E-state index < -0.39 is 0 Å². The predicted octanol–water partition coefficient (Wildman–Crippen LogP) is 3.47. The van der Waals surface area contributed by atoms with Gasteiger partial charge in [0.05, 0.1) is 17.5 Å². The van der Waals surface area contributed by atoms with E-state index in [-0.39, 0.29) is 5.54 Å². The van der Waals surface area contributed by atoms with Gasteiger partial charge in [-0.3, -0.25) is 5.43 Å². The number of rotatable bonds is 5. The summed E-state index contributed by atoms with van der Waals surface area (Å²) < 4.78 is 10.9. The van der Waals surface area contributed by atoms with E-state index in [0.29, 0.717) is 11.7 Å². The van der Waals surface area contributed by atoms with Gasteiger partial charge in [0.15, 0.2) is 5.11 Å². The number of aryl methyl sites for hydroxylation is 2. The minimum absolute atomic E-state index is 0.0974. The van der Waals surface area contributed by atoms with Gasteiger partial charge < -0.3 is 14.6 Å². The van der Waals surface area contributed by atoms with Crippen molar-refractivity contribution in [2.75, 3.05) is 0 Å². The van der Waals surface area contributed by atoms with Gasteiger partial charge >= 0.3 is 0 Å². The molecule has 0 saturated carbocycles. The molecule has 2 rings (SSSR count). The van der Waals surface area contributed by atoms with Gasteiger partial charge in [-0.2, -0.15) is 5.10 Å². The average molecular weight is 360 g/mol. The van der Waals surface area contributed by atoms with Crippen molar-refractivity contribution in [3.63, 3.8) is 0 Å². The Kier molecular flexibility index (Phi) is 6.14. The van der Waals surface area contributed by atoms with E-state index in [1.54, 1.807) is 6.21 Å². The monoisotopic (exact) mass is 360 g/mol. The van der Waals surface area contributed by atoms with Crippen molar-refractivity contribution in [1.82, 2.24) is 15.9 Å². The fourth-order valence-electron chi connectivity index (χ4n) is 2.05. The van der Waals surface area contributed by atoms with Crippen molar-refractivity contribution in [3.8, 4) is 5.75 Å². The normalized spacial score (nSPS) is 11.6. The first kappa shape index (κ1) is 18.9. The number of hydrazone groups is 1. The van der Waals surface area contributed by atoms with Crippen LogP contribution < -0.4 is 15.5 Å². The van der Waals surface area contributed by atoms with Crippen molar-refractivity contribution in [1.29, 1.82) is 0 Å². The minimum atomic E-state index is -0.0974. The molecule has 2 aromatic rings. The van der Waals surface area contributed by atoms with Crippen LogP contribution in [0.15, 0.2) is 33.9 Å². The third-order valence-corrected chi connectivity index (χ3v) is 3.51. The van der Waals surface area contributed by atoms with Crippen LogP contribution in [-0.4, -0.2) is 22.0 Å². The molecule has 6 nitrogen and oxygen atoms in total. The number of thiocarbonyl (C=S) groups is 1. The summed E-state index contributed by atoms with van der Waals surface area (Å²) in [6.45, 7) is 10.3. The zero-order chi connectivity index (χ0) is 18.4. The molecule has 1 heterocycles. The third kappa shape index (κ3) is 6.19. The van der Waals surface area contributed by atoms with Crippen LogP contribution in [0.25, 0.3) is 0 Å². The van der Waals surface area contributed by atoms with Gasteiger partial charge in [-0.25, -0.2) is 0 Å². The molecular weight excluding hydrogens is 336 g/mol. The zero-order valence-electron chi connectivity index (χ0n) is 15.2. The molecule has 0 aliphatic rings. The fraction of sp³-hybridized carbons (Fsp3) is 0.389. The fourth-order valence-corrected chi connectivity index (χ4v) is 2.41. The smallest absolute Gasteiger partial charge is 0.187 e. The number of benzene rings is 1. The lowest BCUT2D eigenvalue weighted by Gasteiger charge is -2.21. The SMILES string of the molecule is Cc1noc(C)c1COc1ccc(/C=N\NC(=S)NC(C)(C)C)cc1. The molecule has 7 heteroatoms. The molecule has 0 radical (unpaired) electrons. The van der Waals surface area contributed by atoms with E-state index in [2.05, 4.69) is 21.0 Å². The van der Waals surface area contributed by atoms with Crippen LogP contribution in [0.5, 0.6) is 5.75 Å². The Morgan fingerprint density at radius 2 is 1.96 bits per heavy atom. The molecule has 2 N–H and O–H groups in total. The first-order valence-electron chi connectivity index (χ1n) is 8.00. The Morgan fingerprint density at radius 3 is 2.52 bits per heavy atom. The lowest BCUT2D eigenvalue weighted by molar-refractivity contribution is 0.301. The molecule has 1 aromatic carbocycles. The number of nitrogens with zero attached hydrogens (tertiary/aromatic N) is 2. The zero-order valence-corrected chi connectivity index (χ0v) is 16.0. The van der Waals surface area contributed by atoms with Gasteiger partial charge in [0.1, 0.15) is 18.1 Å². The maximum Gasteiger partial charge on any atom is 0.187 e. The lowest BCUT2D eigenvalue weighted by Crippen LogP contribution is -2.44. The molecule has 0 fully saturated rings. The summed E-state index contributed by atoms with van der Waals surface area (Å²) in [6.07, 6.45) is 1.70. The Labute approximate surface area is 153 Å². The van der Waals surface area contributed by atoms with Gasteiger partial charge in [-0.15, -0.1) is 0 Å². The topological polar surface area (TPSA) is 71.7 Å². The van der Waals surface area contributed by atoms with Crippen LogP contribution in [0.4, 0.5) is 0 Å². The van der Waals surface area contributed by atoms with E-state index in [1.807, 2.05) is 58.9 Å². The summed E-state index contributed by atoms with van der Waals surface area (Å²) in [7, 11) is 0. The summed E-state index contributed by atoms with van der Waals surface area (Å²) in [5.74, 6) is 1.56. The van der Waals surface area contributed by atoms with Gasteiger partial charge in [-0.05, 0) is 76.7 Å². The average Bonchev–Trinajstić information content (AvgIpc) is 2.83. The van der Waals surface area contributed by atoms with Gasteiger partial charge in [0.2, 0.25) is 0 Å². The van der Waals surface area contributed by atoms with Gasteiger partial charge in [0, 0.05) is 5.54 Å². The van der Waals surface area contributed by atoms with E-state index in [9.17, 15) is 0 Å². The lowest BCUT2D eigenvalue weighted by atomic mass is 10.1. The van der Waals surface area contributed by atoms with Gasteiger partial charge in [-0.1, -0.05) is 5.16 Å². The number of hydrogen-bond acceptors (Lipinski definition) is 5. The number of ether oxygens (including phenoxy) is 1. The molecule has 0 aliphatic carbocycles. The van der Waals surface area contributed by atoms with Crippen molar-refractivity contribution >= 4 is 23.5 Å². The third-order valence-electron chi connectivity index (χ3n) is 3.31. The molecule has 0 bridgehead atoms. The highest BCUT2D eigenvalue weighted by Gasteiger charge is 2.10.